The molecule has 1 saturated carbocycles. The lowest BCUT2D eigenvalue weighted by Gasteiger charge is -2.28. The first-order valence-electron chi connectivity index (χ1n) is 7.11. The molecule has 2 unspecified atom stereocenters. The van der Waals surface area contributed by atoms with Gasteiger partial charge in [-0.25, -0.2) is 4.98 Å². The predicted molar refractivity (Wildman–Crippen MR) is 80.1 cm³/mol. The second kappa shape index (κ2) is 4.34. The number of thiophene rings is 1. The van der Waals surface area contributed by atoms with Crippen molar-refractivity contribution in [2.45, 2.75) is 32.2 Å². The van der Waals surface area contributed by atoms with E-state index in [0.29, 0.717) is 6.04 Å². The molecule has 0 aromatic carbocycles. The Bertz CT molecular complexity index is 609. The number of anilines is 2. The van der Waals surface area contributed by atoms with Crippen molar-refractivity contribution in [1.82, 2.24) is 9.97 Å². The average Bonchev–Trinajstić information content (AvgIpc) is 3.13. The van der Waals surface area contributed by atoms with Gasteiger partial charge in [0, 0.05) is 19.1 Å². The van der Waals surface area contributed by atoms with E-state index in [2.05, 4.69) is 33.6 Å². The summed E-state index contributed by atoms with van der Waals surface area (Å²) in [4.78, 5) is 13.0. The molecular formula is C14H18N4S. The number of hydrogen-bond donors (Lipinski definition) is 1. The molecule has 4 rings (SSSR count). The summed E-state index contributed by atoms with van der Waals surface area (Å²) in [5.74, 6) is 2.81. The van der Waals surface area contributed by atoms with Crippen LogP contribution in [0, 0.1) is 5.92 Å². The van der Waals surface area contributed by atoms with Gasteiger partial charge in [-0.1, -0.05) is 0 Å². The van der Waals surface area contributed by atoms with Gasteiger partial charge in [0.15, 0.2) is 0 Å². The van der Waals surface area contributed by atoms with Gasteiger partial charge in [-0.3, -0.25) is 0 Å². The van der Waals surface area contributed by atoms with Crippen LogP contribution in [0.4, 0.5) is 11.8 Å². The largest absolute Gasteiger partial charge is 0.354 e. The molecule has 5 heteroatoms. The SMILES string of the molecule is CCNc1nc(N2CC3CCC2C3)c2ccsc2n1. The maximum Gasteiger partial charge on any atom is 0.226 e. The maximum absolute atomic E-state index is 4.77. The van der Waals surface area contributed by atoms with Crippen molar-refractivity contribution in [3.63, 3.8) is 0 Å². The van der Waals surface area contributed by atoms with Gasteiger partial charge in [0.05, 0.1) is 5.39 Å². The molecule has 0 spiro atoms. The van der Waals surface area contributed by atoms with Crippen LogP contribution in [0.1, 0.15) is 26.2 Å². The van der Waals surface area contributed by atoms with Crippen molar-refractivity contribution in [2.75, 3.05) is 23.3 Å². The minimum absolute atomic E-state index is 0.706. The number of fused-ring (bicyclic) bond motifs is 3. The molecule has 2 aromatic heterocycles. The van der Waals surface area contributed by atoms with Crippen LogP contribution >= 0.6 is 11.3 Å². The Hall–Kier alpha value is -1.36. The van der Waals surface area contributed by atoms with Gasteiger partial charge in [0.1, 0.15) is 10.6 Å². The highest BCUT2D eigenvalue weighted by atomic mass is 32.1. The molecule has 2 aromatic rings. The summed E-state index contributed by atoms with van der Waals surface area (Å²) in [7, 11) is 0. The molecule has 2 aliphatic rings. The summed E-state index contributed by atoms with van der Waals surface area (Å²) in [5.41, 5.74) is 0. The van der Waals surface area contributed by atoms with Gasteiger partial charge < -0.3 is 10.2 Å². The first-order valence-corrected chi connectivity index (χ1v) is 7.99. The minimum Gasteiger partial charge on any atom is -0.354 e. The Labute approximate surface area is 116 Å². The minimum atomic E-state index is 0.706. The number of nitrogens with zero attached hydrogens (tertiary/aromatic N) is 3. The predicted octanol–water partition coefficient (Wildman–Crippen LogP) is 3.11. The van der Waals surface area contributed by atoms with Crippen LogP contribution in [0.25, 0.3) is 10.2 Å². The lowest BCUT2D eigenvalue weighted by molar-refractivity contribution is 0.551. The Balaban J connectivity index is 1.80. The van der Waals surface area contributed by atoms with Crippen molar-refractivity contribution in [3.8, 4) is 0 Å². The molecule has 1 aliphatic heterocycles. The third kappa shape index (κ3) is 1.79. The van der Waals surface area contributed by atoms with Crippen molar-refractivity contribution in [3.05, 3.63) is 11.4 Å². The van der Waals surface area contributed by atoms with Crippen molar-refractivity contribution < 1.29 is 0 Å². The van der Waals surface area contributed by atoms with Crippen LogP contribution < -0.4 is 10.2 Å². The molecular weight excluding hydrogens is 256 g/mol. The zero-order valence-corrected chi connectivity index (χ0v) is 11.9. The van der Waals surface area contributed by atoms with Crippen molar-refractivity contribution in [2.24, 2.45) is 5.92 Å². The fourth-order valence-electron chi connectivity index (χ4n) is 3.48. The molecule has 100 valence electrons. The standard InChI is InChI=1S/C14H18N4S/c1-2-15-14-16-12(11-5-6-19-13(11)17-14)18-8-9-3-4-10(18)7-9/h5-6,9-10H,2-4,7-8H2,1H3,(H,15,16,17). The molecule has 2 fully saturated rings. The summed E-state index contributed by atoms with van der Waals surface area (Å²) in [6.45, 7) is 4.13. The lowest BCUT2D eigenvalue weighted by Crippen LogP contribution is -2.32. The van der Waals surface area contributed by atoms with Gasteiger partial charge in [-0.05, 0) is 43.6 Å². The molecule has 4 nitrogen and oxygen atoms in total. The smallest absolute Gasteiger partial charge is 0.226 e. The van der Waals surface area contributed by atoms with E-state index in [0.717, 1.165) is 29.1 Å². The first kappa shape index (κ1) is 11.5. The number of nitrogens with one attached hydrogen (secondary N) is 1. The Kier molecular flexibility index (Phi) is 2.62. The van der Waals surface area contributed by atoms with Crippen LogP contribution in [0.5, 0.6) is 0 Å². The summed E-state index contributed by atoms with van der Waals surface area (Å²) >= 11 is 1.70. The highest BCUT2D eigenvalue weighted by molar-refractivity contribution is 7.16. The number of hydrogen-bond acceptors (Lipinski definition) is 5. The quantitative estimate of drug-likeness (QED) is 0.933. The van der Waals surface area contributed by atoms with Gasteiger partial charge >= 0.3 is 0 Å². The number of aromatic nitrogens is 2. The Morgan fingerprint density at radius 2 is 2.37 bits per heavy atom. The Morgan fingerprint density at radius 1 is 1.42 bits per heavy atom. The monoisotopic (exact) mass is 274 g/mol. The van der Waals surface area contributed by atoms with E-state index in [1.54, 1.807) is 11.3 Å². The summed E-state index contributed by atoms with van der Waals surface area (Å²) in [6, 6.07) is 2.87. The van der Waals surface area contributed by atoms with Crippen LogP contribution in [-0.2, 0) is 0 Å². The summed E-state index contributed by atoms with van der Waals surface area (Å²) < 4.78 is 0. The lowest BCUT2D eigenvalue weighted by atomic mass is 10.1. The molecule has 19 heavy (non-hydrogen) atoms. The summed E-state index contributed by atoms with van der Waals surface area (Å²) in [6.07, 6.45) is 4.09. The van der Waals surface area contributed by atoms with E-state index in [-0.39, 0.29) is 0 Å². The average molecular weight is 274 g/mol. The highest BCUT2D eigenvalue weighted by Gasteiger charge is 2.39. The molecule has 0 radical (unpaired) electrons. The van der Waals surface area contributed by atoms with Crippen LogP contribution in [-0.4, -0.2) is 29.1 Å². The zero-order chi connectivity index (χ0) is 12.8. The van der Waals surface area contributed by atoms with Crippen molar-refractivity contribution in [1.29, 1.82) is 0 Å². The normalized spacial score (nSPS) is 25.4. The molecule has 2 bridgehead atoms. The molecule has 0 amide bonds. The van der Waals surface area contributed by atoms with E-state index in [4.69, 9.17) is 4.98 Å². The van der Waals surface area contributed by atoms with E-state index in [1.807, 2.05) is 0 Å². The Morgan fingerprint density at radius 3 is 3.11 bits per heavy atom. The van der Waals surface area contributed by atoms with Gasteiger partial charge in [0.2, 0.25) is 5.95 Å². The van der Waals surface area contributed by atoms with Crippen molar-refractivity contribution >= 4 is 33.3 Å². The van der Waals surface area contributed by atoms with Gasteiger partial charge in [0.25, 0.3) is 0 Å². The first-order chi connectivity index (χ1) is 9.35. The second-order valence-corrected chi connectivity index (χ2v) is 6.42. The highest BCUT2D eigenvalue weighted by Crippen LogP contribution is 2.42. The fraction of sp³-hybridized carbons (Fsp3) is 0.571. The zero-order valence-electron chi connectivity index (χ0n) is 11.1. The van der Waals surface area contributed by atoms with Crippen LogP contribution in [0.15, 0.2) is 11.4 Å². The number of rotatable bonds is 3. The second-order valence-electron chi connectivity index (χ2n) is 5.53. The van der Waals surface area contributed by atoms with E-state index in [1.165, 1.54) is 31.2 Å². The third-order valence-corrected chi connectivity index (χ3v) is 5.13. The van der Waals surface area contributed by atoms with Crippen LogP contribution in [0.2, 0.25) is 0 Å². The maximum atomic E-state index is 4.77. The fourth-order valence-corrected chi connectivity index (χ4v) is 4.24. The van der Waals surface area contributed by atoms with Gasteiger partial charge in [-0.15, -0.1) is 11.3 Å². The molecule has 2 atom stereocenters. The van der Waals surface area contributed by atoms with E-state index in [9.17, 15) is 0 Å². The molecule has 1 saturated heterocycles. The molecule has 1 N–H and O–H groups in total. The topological polar surface area (TPSA) is 41.1 Å². The van der Waals surface area contributed by atoms with Crippen LogP contribution in [0.3, 0.4) is 0 Å². The molecule has 1 aliphatic carbocycles. The van der Waals surface area contributed by atoms with E-state index < -0.39 is 0 Å². The number of piperidine rings is 1. The summed E-state index contributed by atoms with van der Waals surface area (Å²) in [5, 5.41) is 6.59. The molecule has 3 heterocycles. The third-order valence-electron chi connectivity index (χ3n) is 4.32. The van der Waals surface area contributed by atoms with Gasteiger partial charge in [-0.2, -0.15) is 4.98 Å². The van der Waals surface area contributed by atoms with E-state index >= 15 is 0 Å².